The predicted octanol–water partition coefficient (Wildman–Crippen LogP) is 12.3. The lowest BCUT2D eigenvalue weighted by atomic mass is 9.33. The Bertz CT molecular complexity index is 2150. The van der Waals surface area contributed by atoms with Gasteiger partial charge in [-0.1, -0.05) is 156 Å². The van der Waals surface area contributed by atoms with Crippen molar-refractivity contribution in [3.8, 4) is 11.1 Å². The molecule has 268 valence electrons. The molecule has 2 aliphatic carbocycles. The maximum Gasteiger partial charge on any atom is 0.249 e. The van der Waals surface area contributed by atoms with Crippen LogP contribution in [0.15, 0.2) is 144 Å². The molecule has 4 aromatic rings. The summed E-state index contributed by atoms with van der Waals surface area (Å²) in [4.78, 5) is 2.72. The van der Waals surface area contributed by atoms with Gasteiger partial charge in [-0.25, -0.2) is 0 Å². The summed E-state index contributed by atoms with van der Waals surface area (Å²) in [6, 6.07) is 33.9. The van der Waals surface area contributed by atoms with E-state index in [0.717, 1.165) is 12.1 Å². The molecule has 2 aliphatic heterocycles. The molecule has 2 atom stereocenters. The zero-order valence-electron chi connectivity index (χ0n) is 32.6. The Hall–Kier alpha value is -4.76. The van der Waals surface area contributed by atoms with E-state index in [0.29, 0.717) is 11.8 Å². The Kier molecular flexibility index (Phi) is 9.48. The van der Waals surface area contributed by atoms with Gasteiger partial charge >= 0.3 is 0 Å². The van der Waals surface area contributed by atoms with Crippen LogP contribution in [-0.2, 0) is 5.41 Å². The number of hydrogen-bond donors (Lipinski definition) is 1. The van der Waals surface area contributed by atoms with E-state index in [1.165, 1.54) is 93.4 Å². The van der Waals surface area contributed by atoms with Crippen LogP contribution in [0.3, 0.4) is 0 Å². The first-order valence-corrected chi connectivity index (χ1v) is 20.0. The zero-order valence-corrected chi connectivity index (χ0v) is 32.6. The third kappa shape index (κ3) is 6.92. The topological polar surface area (TPSA) is 15.3 Å². The van der Waals surface area contributed by atoms with Gasteiger partial charge in [-0.05, 0) is 113 Å². The second-order valence-electron chi connectivity index (χ2n) is 17.6. The summed E-state index contributed by atoms with van der Waals surface area (Å²) in [6.07, 6.45) is 24.6. The molecule has 4 aliphatic rings. The largest absolute Gasteiger partial charge is 0.362 e. The second-order valence-corrected chi connectivity index (χ2v) is 17.6. The first kappa shape index (κ1) is 35.3. The van der Waals surface area contributed by atoms with Gasteiger partial charge in [-0.3, -0.25) is 0 Å². The van der Waals surface area contributed by atoms with Crippen molar-refractivity contribution >= 4 is 40.8 Å². The first-order chi connectivity index (χ1) is 25.6. The Labute approximate surface area is 319 Å². The number of benzene rings is 4. The van der Waals surface area contributed by atoms with E-state index in [4.69, 9.17) is 0 Å². The molecule has 0 radical (unpaired) electrons. The van der Waals surface area contributed by atoms with E-state index in [1.807, 2.05) is 0 Å². The highest BCUT2D eigenvalue weighted by molar-refractivity contribution is 6.94. The van der Waals surface area contributed by atoms with Crippen LogP contribution in [0.2, 0.25) is 0 Å². The van der Waals surface area contributed by atoms with Gasteiger partial charge in [0.2, 0.25) is 6.71 Å². The summed E-state index contributed by atoms with van der Waals surface area (Å²) in [5.74, 6) is 1.10. The lowest BCUT2D eigenvalue weighted by Crippen LogP contribution is -2.54. The fourth-order valence-electron chi connectivity index (χ4n) is 9.05. The number of nitrogens with one attached hydrogen (secondary N) is 1. The summed E-state index contributed by atoms with van der Waals surface area (Å²) in [5, 5.41) is 3.85. The molecular weight excluding hydrogens is 639 g/mol. The van der Waals surface area contributed by atoms with Gasteiger partial charge in [-0.2, -0.15) is 0 Å². The molecule has 0 saturated heterocycles. The number of fused-ring (bicyclic) bond motifs is 2. The molecule has 0 bridgehead atoms. The van der Waals surface area contributed by atoms with Crippen LogP contribution in [0.4, 0.5) is 17.1 Å². The Morgan fingerprint density at radius 1 is 0.755 bits per heavy atom. The van der Waals surface area contributed by atoms with E-state index < -0.39 is 0 Å². The van der Waals surface area contributed by atoms with Gasteiger partial charge in [0.15, 0.2) is 0 Å². The average Bonchev–Trinajstić information content (AvgIpc) is 3.15. The minimum absolute atomic E-state index is 0.0112. The SMILES string of the molecule is CC(C)(C)C1=C\c2cccc3c2B(C(=C/Nc2ccccc2-c2ccccc2)/C=C\1)c1ccc(C(C)(C)C)cc1N3C1=CCCCC1C1C=CCCC1. The molecule has 53 heavy (non-hydrogen) atoms. The zero-order chi connectivity index (χ0) is 36.7. The molecule has 2 nitrogen and oxygen atoms in total. The third-order valence-corrected chi connectivity index (χ3v) is 12.0. The van der Waals surface area contributed by atoms with Gasteiger partial charge in [0, 0.05) is 34.2 Å². The number of rotatable bonds is 5. The van der Waals surface area contributed by atoms with Crippen molar-refractivity contribution in [2.24, 2.45) is 17.3 Å². The van der Waals surface area contributed by atoms with Crippen molar-refractivity contribution in [2.75, 3.05) is 10.2 Å². The van der Waals surface area contributed by atoms with Gasteiger partial charge in [0.1, 0.15) is 0 Å². The monoisotopic (exact) mass is 694 g/mol. The second kappa shape index (κ2) is 14.2. The van der Waals surface area contributed by atoms with Crippen molar-refractivity contribution in [3.63, 3.8) is 0 Å². The highest BCUT2D eigenvalue weighted by Gasteiger charge is 2.41. The highest BCUT2D eigenvalue weighted by Crippen LogP contribution is 2.45. The lowest BCUT2D eigenvalue weighted by molar-refractivity contribution is 0.360. The standard InChI is InChI=1S/C50H55BN2/c1-49(2,3)38-28-30-40(34-52-44-25-15-13-23-41(44)35-18-9-7-10-19-35)51-43-31-29-39(50(4,5)6)33-47(43)53(46-27-17-22-37(32-38)48(46)51)45-26-16-14-24-42(45)36-20-11-8-12-21-36/h7,9-11,13,15,17-20,22-23,25-34,36,42,52H,8,12,14,16,21,24H2,1-6H3/b30-28-,38-32-,40-34+. The maximum absolute atomic E-state index is 3.85. The minimum atomic E-state index is -0.0112. The van der Waals surface area contributed by atoms with Crippen LogP contribution in [0, 0.1) is 17.3 Å². The van der Waals surface area contributed by atoms with Crippen molar-refractivity contribution in [1.29, 1.82) is 0 Å². The van der Waals surface area contributed by atoms with Gasteiger partial charge in [0.25, 0.3) is 0 Å². The number of anilines is 3. The molecule has 2 heterocycles. The van der Waals surface area contributed by atoms with E-state index in [-0.39, 0.29) is 17.5 Å². The molecule has 3 heteroatoms. The van der Waals surface area contributed by atoms with Crippen LogP contribution in [0.25, 0.3) is 17.2 Å². The van der Waals surface area contributed by atoms with E-state index in [9.17, 15) is 0 Å². The molecule has 0 spiro atoms. The van der Waals surface area contributed by atoms with Crippen LogP contribution in [0.5, 0.6) is 0 Å². The predicted molar refractivity (Wildman–Crippen MR) is 231 cm³/mol. The fraction of sp³-hybridized carbons (Fsp3) is 0.320. The normalized spacial score (nSPS) is 22.2. The van der Waals surface area contributed by atoms with E-state index in [2.05, 4.69) is 185 Å². The molecule has 0 aromatic heterocycles. The summed E-state index contributed by atoms with van der Waals surface area (Å²) in [5.41, 5.74) is 15.8. The van der Waals surface area contributed by atoms with Crippen LogP contribution in [-0.4, -0.2) is 6.71 Å². The Morgan fingerprint density at radius 3 is 2.32 bits per heavy atom. The molecule has 0 amide bonds. The molecule has 1 N–H and O–H groups in total. The van der Waals surface area contributed by atoms with Gasteiger partial charge in [0.05, 0.1) is 0 Å². The van der Waals surface area contributed by atoms with Crippen LogP contribution >= 0.6 is 0 Å². The van der Waals surface area contributed by atoms with Crippen LogP contribution < -0.4 is 21.1 Å². The van der Waals surface area contributed by atoms with Crippen LogP contribution in [0.1, 0.15) is 91.2 Å². The van der Waals surface area contributed by atoms with Crippen molar-refractivity contribution in [2.45, 2.75) is 85.5 Å². The summed E-state index contributed by atoms with van der Waals surface area (Å²) in [7, 11) is 0. The number of nitrogens with zero attached hydrogens (tertiary/aromatic N) is 1. The first-order valence-electron chi connectivity index (χ1n) is 20.0. The molecule has 0 fully saturated rings. The molecule has 0 saturated carbocycles. The number of hydrogen-bond acceptors (Lipinski definition) is 2. The minimum Gasteiger partial charge on any atom is -0.362 e. The Morgan fingerprint density at radius 2 is 1.55 bits per heavy atom. The quantitative estimate of drug-likeness (QED) is 0.165. The summed E-state index contributed by atoms with van der Waals surface area (Å²) >= 11 is 0. The molecular formula is C50H55BN2. The van der Waals surface area contributed by atoms with Gasteiger partial charge in [-0.15, -0.1) is 0 Å². The third-order valence-electron chi connectivity index (χ3n) is 12.0. The molecule has 2 unspecified atom stereocenters. The number of para-hydroxylation sites is 1. The Balaban J connectivity index is 1.36. The molecule has 8 rings (SSSR count). The van der Waals surface area contributed by atoms with E-state index in [1.54, 1.807) is 0 Å². The van der Waals surface area contributed by atoms with Crippen molar-refractivity contribution < 1.29 is 0 Å². The highest BCUT2D eigenvalue weighted by atomic mass is 15.2. The lowest BCUT2D eigenvalue weighted by Gasteiger charge is -2.44. The smallest absolute Gasteiger partial charge is 0.249 e. The average molecular weight is 695 g/mol. The fourth-order valence-corrected chi connectivity index (χ4v) is 9.05. The van der Waals surface area contributed by atoms with E-state index >= 15 is 0 Å². The molecule has 4 aromatic carbocycles. The van der Waals surface area contributed by atoms with Gasteiger partial charge < -0.3 is 10.2 Å². The summed E-state index contributed by atoms with van der Waals surface area (Å²) < 4.78 is 0. The maximum atomic E-state index is 3.85. The van der Waals surface area contributed by atoms with Crippen molar-refractivity contribution in [3.05, 3.63) is 155 Å². The van der Waals surface area contributed by atoms with Crippen molar-refractivity contribution in [1.82, 2.24) is 0 Å². The summed E-state index contributed by atoms with van der Waals surface area (Å²) in [6.45, 7) is 14.1. The number of allylic oxidation sites excluding steroid dienone is 8.